The molecule has 0 bridgehead atoms. The monoisotopic (exact) mass is 351 g/mol. The van der Waals surface area contributed by atoms with E-state index in [0.29, 0.717) is 10.7 Å². The average Bonchev–Trinajstić information content (AvgIpc) is 3.03. The van der Waals surface area contributed by atoms with Crippen LogP contribution in [-0.2, 0) is 5.41 Å². The Morgan fingerprint density at radius 3 is 2.40 bits per heavy atom. The molecule has 5 heteroatoms. The first kappa shape index (κ1) is 17.3. The van der Waals surface area contributed by atoms with Crippen LogP contribution in [-0.4, -0.2) is 15.9 Å². The van der Waals surface area contributed by atoms with E-state index in [2.05, 4.69) is 60.3 Å². The zero-order valence-corrected chi connectivity index (χ0v) is 15.6. The minimum atomic E-state index is -0.198. The summed E-state index contributed by atoms with van der Waals surface area (Å²) in [6, 6.07) is 12.0. The Morgan fingerprint density at radius 2 is 1.80 bits per heavy atom. The number of aryl methyl sites for hydroxylation is 1. The molecule has 0 spiro atoms. The number of rotatable bonds is 3. The van der Waals surface area contributed by atoms with Crippen molar-refractivity contribution in [3.8, 4) is 11.3 Å². The minimum absolute atomic E-state index is 0.127. The van der Waals surface area contributed by atoms with Gasteiger partial charge in [0.25, 0.3) is 5.91 Å². The summed E-state index contributed by atoms with van der Waals surface area (Å²) in [6.45, 7) is 8.47. The number of thiazole rings is 1. The first-order valence-corrected chi connectivity index (χ1v) is 9.01. The van der Waals surface area contributed by atoms with Gasteiger partial charge in [-0.3, -0.25) is 15.1 Å². The summed E-state index contributed by atoms with van der Waals surface area (Å²) in [5.74, 6) is -0.198. The summed E-state index contributed by atoms with van der Waals surface area (Å²) in [7, 11) is 0. The topological polar surface area (TPSA) is 54.9 Å². The number of nitrogens with one attached hydrogen (secondary N) is 1. The molecule has 1 amide bonds. The molecule has 25 heavy (non-hydrogen) atoms. The molecule has 2 aromatic heterocycles. The van der Waals surface area contributed by atoms with Crippen molar-refractivity contribution in [2.24, 2.45) is 0 Å². The number of hydrogen-bond donors (Lipinski definition) is 1. The van der Waals surface area contributed by atoms with Crippen LogP contribution in [0.1, 0.15) is 42.4 Å². The Hall–Kier alpha value is -2.53. The fourth-order valence-corrected chi connectivity index (χ4v) is 3.09. The van der Waals surface area contributed by atoms with E-state index in [1.54, 1.807) is 12.3 Å². The van der Waals surface area contributed by atoms with Crippen molar-refractivity contribution < 1.29 is 4.79 Å². The van der Waals surface area contributed by atoms with Gasteiger partial charge in [0.2, 0.25) is 0 Å². The largest absolute Gasteiger partial charge is 0.298 e. The summed E-state index contributed by atoms with van der Waals surface area (Å²) in [5, 5.41) is 5.37. The Morgan fingerprint density at radius 1 is 1.08 bits per heavy atom. The van der Waals surface area contributed by atoms with E-state index in [4.69, 9.17) is 0 Å². The third-order valence-electron chi connectivity index (χ3n) is 3.94. The van der Waals surface area contributed by atoms with Gasteiger partial charge in [-0.15, -0.1) is 11.3 Å². The first-order chi connectivity index (χ1) is 11.8. The molecular formula is C20H21N3OS. The van der Waals surface area contributed by atoms with Gasteiger partial charge in [-0.05, 0) is 30.0 Å². The first-order valence-electron chi connectivity index (χ1n) is 8.13. The summed E-state index contributed by atoms with van der Waals surface area (Å²) in [5.41, 5.74) is 4.72. The van der Waals surface area contributed by atoms with E-state index in [-0.39, 0.29) is 11.3 Å². The van der Waals surface area contributed by atoms with Gasteiger partial charge in [-0.1, -0.05) is 45.0 Å². The fraction of sp³-hybridized carbons (Fsp3) is 0.250. The molecule has 0 aliphatic carbocycles. The number of aromatic nitrogens is 2. The minimum Gasteiger partial charge on any atom is -0.298 e. The maximum atomic E-state index is 12.2. The summed E-state index contributed by atoms with van der Waals surface area (Å²) < 4.78 is 0. The van der Waals surface area contributed by atoms with E-state index in [1.165, 1.54) is 16.9 Å². The van der Waals surface area contributed by atoms with Crippen molar-refractivity contribution in [2.45, 2.75) is 33.1 Å². The second kappa shape index (κ2) is 6.76. The van der Waals surface area contributed by atoms with Crippen LogP contribution in [0.2, 0.25) is 0 Å². The highest BCUT2D eigenvalue weighted by Crippen LogP contribution is 2.28. The van der Waals surface area contributed by atoms with Crippen LogP contribution in [0.4, 0.5) is 5.13 Å². The third-order valence-corrected chi connectivity index (χ3v) is 4.70. The van der Waals surface area contributed by atoms with Crippen LogP contribution in [0.25, 0.3) is 11.3 Å². The number of carbonyl (C=O) groups excluding carboxylic acids is 1. The molecule has 3 rings (SSSR count). The number of benzene rings is 1. The molecule has 0 fully saturated rings. The number of anilines is 1. The van der Waals surface area contributed by atoms with E-state index in [1.807, 2.05) is 18.4 Å². The third kappa shape index (κ3) is 4.12. The Kier molecular flexibility index (Phi) is 4.68. The molecule has 4 nitrogen and oxygen atoms in total. The molecule has 0 saturated heterocycles. The molecule has 0 radical (unpaired) electrons. The standard InChI is InChI=1S/C20H21N3OS/c1-13-5-6-15(11-21-13)18(24)23-19-22-17(12-25-19)14-7-9-16(10-8-14)20(2,3)4/h5-12H,1-4H3,(H,22,23,24). The van der Waals surface area contributed by atoms with Gasteiger partial charge >= 0.3 is 0 Å². The van der Waals surface area contributed by atoms with Crippen molar-refractivity contribution in [1.29, 1.82) is 0 Å². The predicted molar refractivity (Wildman–Crippen MR) is 103 cm³/mol. The molecule has 1 N–H and O–H groups in total. The number of nitrogens with zero attached hydrogens (tertiary/aromatic N) is 2. The molecule has 0 aliphatic rings. The molecule has 0 unspecified atom stereocenters. The smallest absolute Gasteiger partial charge is 0.259 e. The van der Waals surface area contributed by atoms with E-state index >= 15 is 0 Å². The van der Waals surface area contributed by atoms with Gasteiger partial charge in [0.15, 0.2) is 5.13 Å². The molecular weight excluding hydrogens is 330 g/mol. The predicted octanol–water partition coefficient (Wildman–Crippen LogP) is 5.06. The van der Waals surface area contributed by atoms with Crippen LogP contribution in [0.3, 0.4) is 0 Å². The number of pyridine rings is 1. The second-order valence-electron chi connectivity index (χ2n) is 7.01. The maximum Gasteiger partial charge on any atom is 0.259 e. The Bertz CT molecular complexity index is 875. The highest BCUT2D eigenvalue weighted by molar-refractivity contribution is 7.14. The summed E-state index contributed by atoms with van der Waals surface area (Å²) in [4.78, 5) is 20.9. The highest BCUT2D eigenvalue weighted by atomic mass is 32.1. The quantitative estimate of drug-likeness (QED) is 0.717. The van der Waals surface area contributed by atoms with Crippen LogP contribution >= 0.6 is 11.3 Å². The van der Waals surface area contributed by atoms with Crippen molar-refractivity contribution in [3.05, 3.63) is 64.8 Å². The van der Waals surface area contributed by atoms with Crippen LogP contribution in [0, 0.1) is 6.92 Å². The second-order valence-corrected chi connectivity index (χ2v) is 7.87. The van der Waals surface area contributed by atoms with E-state index in [9.17, 15) is 4.79 Å². The van der Waals surface area contributed by atoms with Crippen LogP contribution in [0.15, 0.2) is 48.0 Å². The normalized spacial score (nSPS) is 11.4. The molecule has 1 aromatic carbocycles. The van der Waals surface area contributed by atoms with Crippen molar-refractivity contribution in [2.75, 3.05) is 5.32 Å². The van der Waals surface area contributed by atoms with Gasteiger partial charge in [-0.2, -0.15) is 0 Å². The molecule has 3 aromatic rings. The SMILES string of the molecule is Cc1ccc(C(=O)Nc2nc(-c3ccc(C(C)(C)C)cc3)cs2)cn1. The lowest BCUT2D eigenvalue weighted by Gasteiger charge is -2.18. The van der Waals surface area contributed by atoms with Crippen LogP contribution in [0.5, 0.6) is 0 Å². The highest BCUT2D eigenvalue weighted by Gasteiger charge is 2.14. The molecule has 0 atom stereocenters. The lowest BCUT2D eigenvalue weighted by Crippen LogP contribution is -2.12. The lowest BCUT2D eigenvalue weighted by molar-refractivity contribution is 0.102. The van der Waals surface area contributed by atoms with Gasteiger partial charge in [-0.25, -0.2) is 4.98 Å². The Labute approximate surface area is 152 Å². The Balaban J connectivity index is 1.74. The lowest BCUT2D eigenvalue weighted by atomic mass is 9.86. The van der Waals surface area contributed by atoms with Crippen molar-refractivity contribution in [1.82, 2.24) is 9.97 Å². The van der Waals surface area contributed by atoms with Gasteiger partial charge in [0, 0.05) is 22.8 Å². The summed E-state index contributed by atoms with van der Waals surface area (Å²) in [6.07, 6.45) is 1.57. The molecule has 0 saturated carbocycles. The van der Waals surface area contributed by atoms with Gasteiger partial charge in [0.1, 0.15) is 0 Å². The fourth-order valence-electron chi connectivity index (χ4n) is 2.38. The number of amides is 1. The van der Waals surface area contributed by atoms with E-state index < -0.39 is 0 Å². The zero-order chi connectivity index (χ0) is 18.0. The molecule has 0 aliphatic heterocycles. The number of carbonyl (C=O) groups is 1. The van der Waals surface area contributed by atoms with E-state index in [0.717, 1.165) is 17.0 Å². The van der Waals surface area contributed by atoms with Gasteiger partial charge < -0.3 is 0 Å². The summed E-state index contributed by atoms with van der Waals surface area (Å²) >= 11 is 1.42. The van der Waals surface area contributed by atoms with Crippen LogP contribution < -0.4 is 5.32 Å². The molecule has 128 valence electrons. The van der Waals surface area contributed by atoms with Crippen molar-refractivity contribution >= 4 is 22.4 Å². The number of hydrogen-bond acceptors (Lipinski definition) is 4. The maximum absolute atomic E-state index is 12.2. The van der Waals surface area contributed by atoms with Gasteiger partial charge in [0.05, 0.1) is 11.3 Å². The van der Waals surface area contributed by atoms with Crippen molar-refractivity contribution in [3.63, 3.8) is 0 Å². The molecule has 2 heterocycles. The average molecular weight is 351 g/mol. The zero-order valence-electron chi connectivity index (χ0n) is 14.8.